The van der Waals surface area contributed by atoms with Crippen LogP contribution in [0.25, 0.3) is 0 Å². The quantitative estimate of drug-likeness (QED) is 0.818. The van der Waals surface area contributed by atoms with E-state index in [1.807, 2.05) is 0 Å². The van der Waals surface area contributed by atoms with Crippen LogP contribution in [0, 0.1) is 0 Å². The van der Waals surface area contributed by atoms with Crippen LogP contribution >= 0.6 is 0 Å². The Kier molecular flexibility index (Phi) is 6.21. The number of halogens is 3. The van der Waals surface area contributed by atoms with Crippen LogP contribution in [0.15, 0.2) is 48.5 Å². The molecule has 0 bridgehead atoms. The van der Waals surface area contributed by atoms with E-state index >= 15 is 0 Å². The highest BCUT2D eigenvalue weighted by Crippen LogP contribution is 2.20. The van der Waals surface area contributed by atoms with Gasteiger partial charge < -0.3 is 15.4 Å². The third kappa shape index (κ3) is 6.84. The van der Waals surface area contributed by atoms with E-state index in [-0.39, 0.29) is 24.0 Å². The van der Waals surface area contributed by atoms with E-state index in [2.05, 4.69) is 15.4 Å². The molecule has 0 aliphatic rings. The van der Waals surface area contributed by atoms with Crippen LogP contribution in [-0.4, -0.2) is 24.6 Å². The Hall–Kier alpha value is -3.03. The number of ether oxygens (including phenoxy) is 1. The van der Waals surface area contributed by atoms with Crippen LogP contribution in [0.3, 0.4) is 0 Å². The van der Waals surface area contributed by atoms with Crippen molar-refractivity contribution in [1.29, 1.82) is 0 Å². The molecule has 0 saturated heterocycles. The zero-order valence-electron chi connectivity index (χ0n) is 13.9. The highest BCUT2D eigenvalue weighted by molar-refractivity contribution is 5.92. The lowest BCUT2D eigenvalue weighted by atomic mass is 10.1. The zero-order chi connectivity index (χ0) is 19.2. The van der Waals surface area contributed by atoms with Gasteiger partial charge in [-0.3, -0.25) is 9.59 Å². The molecule has 2 amide bonds. The smallest absolute Gasteiger partial charge is 0.422 e. The van der Waals surface area contributed by atoms with E-state index in [0.29, 0.717) is 11.4 Å². The van der Waals surface area contributed by atoms with Gasteiger partial charge in [0.1, 0.15) is 5.75 Å². The highest BCUT2D eigenvalue weighted by atomic mass is 19.4. The van der Waals surface area contributed by atoms with E-state index in [4.69, 9.17) is 0 Å². The fourth-order valence-electron chi connectivity index (χ4n) is 2.10. The first-order chi connectivity index (χ1) is 12.2. The minimum absolute atomic E-state index is 0.0638. The molecule has 0 radical (unpaired) electrons. The fraction of sp³-hybridized carbons (Fsp3) is 0.222. The van der Waals surface area contributed by atoms with Crippen molar-refractivity contribution < 1.29 is 27.5 Å². The van der Waals surface area contributed by atoms with Crippen LogP contribution in [-0.2, 0) is 16.0 Å². The number of anilines is 2. The van der Waals surface area contributed by atoms with Crippen molar-refractivity contribution in [3.8, 4) is 5.75 Å². The van der Waals surface area contributed by atoms with Crippen molar-refractivity contribution in [2.45, 2.75) is 19.5 Å². The summed E-state index contributed by atoms with van der Waals surface area (Å²) in [5.41, 5.74) is 1.84. The van der Waals surface area contributed by atoms with E-state index in [9.17, 15) is 22.8 Å². The van der Waals surface area contributed by atoms with Gasteiger partial charge in [0.2, 0.25) is 11.8 Å². The molecule has 0 spiro atoms. The minimum Gasteiger partial charge on any atom is -0.484 e. The average molecular weight is 366 g/mol. The van der Waals surface area contributed by atoms with Gasteiger partial charge in [0.05, 0.1) is 6.42 Å². The molecule has 0 aliphatic carbocycles. The first kappa shape index (κ1) is 19.3. The van der Waals surface area contributed by atoms with Gasteiger partial charge in [-0.1, -0.05) is 12.1 Å². The molecule has 0 heterocycles. The molecule has 0 atom stereocenters. The summed E-state index contributed by atoms with van der Waals surface area (Å²) in [7, 11) is 0. The van der Waals surface area contributed by atoms with Gasteiger partial charge in [-0.15, -0.1) is 0 Å². The predicted molar refractivity (Wildman–Crippen MR) is 91.1 cm³/mol. The second-order valence-electron chi connectivity index (χ2n) is 5.53. The third-order valence-corrected chi connectivity index (χ3v) is 3.18. The number of hydrogen-bond acceptors (Lipinski definition) is 3. The standard InChI is InChI=1S/C18H17F3N2O3/c1-12(24)22-14-4-2-13(3-5-14)10-17(25)23-15-6-8-16(9-7-15)26-11-18(19,20)21/h2-9H,10-11H2,1H3,(H,22,24)(H,23,25). The Morgan fingerprint density at radius 2 is 1.46 bits per heavy atom. The largest absolute Gasteiger partial charge is 0.484 e. The topological polar surface area (TPSA) is 67.4 Å². The molecule has 0 fully saturated rings. The van der Waals surface area contributed by atoms with Gasteiger partial charge in [0.15, 0.2) is 6.61 Å². The summed E-state index contributed by atoms with van der Waals surface area (Å²) in [5, 5.41) is 5.28. The molecule has 0 aromatic heterocycles. The van der Waals surface area contributed by atoms with Crippen molar-refractivity contribution >= 4 is 23.2 Å². The third-order valence-electron chi connectivity index (χ3n) is 3.18. The maximum Gasteiger partial charge on any atom is 0.422 e. The predicted octanol–water partition coefficient (Wildman–Crippen LogP) is 3.77. The molecule has 5 nitrogen and oxygen atoms in total. The summed E-state index contributed by atoms with van der Waals surface area (Å²) in [4.78, 5) is 23.0. The minimum atomic E-state index is -4.40. The number of hydrogen-bond donors (Lipinski definition) is 2. The van der Waals surface area contributed by atoms with E-state index < -0.39 is 12.8 Å². The second kappa shape index (κ2) is 8.37. The molecule has 0 unspecified atom stereocenters. The molecule has 2 N–H and O–H groups in total. The molecule has 26 heavy (non-hydrogen) atoms. The average Bonchev–Trinajstić information content (AvgIpc) is 2.55. The molecule has 8 heteroatoms. The van der Waals surface area contributed by atoms with Gasteiger partial charge in [-0.25, -0.2) is 0 Å². The molecular formula is C18H17F3N2O3. The maximum atomic E-state index is 12.1. The molecular weight excluding hydrogens is 349 g/mol. The van der Waals surface area contributed by atoms with Crippen molar-refractivity contribution in [2.24, 2.45) is 0 Å². The zero-order valence-corrected chi connectivity index (χ0v) is 13.9. The van der Waals surface area contributed by atoms with Crippen molar-refractivity contribution in [2.75, 3.05) is 17.2 Å². The lowest BCUT2D eigenvalue weighted by molar-refractivity contribution is -0.153. The Bertz CT molecular complexity index is 757. The number of amides is 2. The van der Waals surface area contributed by atoms with Crippen LogP contribution in [0.4, 0.5) is 24.5 Å². The summed E-state index contributed by atoms with van der Waals surface area (Å²) in [6, 6.07) is 12.4. The van der Waals surface area contributed by atoms with E-state index in [1.165, 1.54) is 31.2 Å². The Morgan fingerprint density at radius 1 is 0.923 bits per heavy atom. The number of alkyl halides is 3. The number of benzene rings is 2. The highest BCUT2D eigenvalue weighted by Gasteiger charge is 2.28. The van der Waals surface area contributed by atoms with Crippen LogP contribution in [0.2, 0.25) is 0 Å². The number of carbonyl (C=O) groups excluding carboxylic acids is 2. The van der Waals surface area contributed by atoms with Gasteiger partial charge in [-0.05, 0) is 42.0 Å². The second-order valence-corrected chi connectivity index (χ2v) is 5.53. The van der Waals surface area contributed by atoms with Crippen LogP contribution in [0.5, 0.6) is 5.75 Å². The first-order valence-corrected chi connectivity index (χ1v) is 7.67. The molecule has 2 aromatic rings. The van der Waals surface area contributed by atoms with Crippen molar-refractivity contribution in [3.05, 3.63) is 54.1 Å². The Labute approximate surface area is 148 Å². The van der Waals surface area contributed by atoms with Gasteiger partial charge in [0, 0.05) is 18.3 Å². The van der Waals surface area contributed by atoms with Crippen LogP contribution < -0.4 is 15.4 Å². The Morgan fingerprint density at radius 3 is 2.00 bits per heavy atom. The summed E-state index contributed by atoms with van der Waals surface area (Å²) in [6.07, 6.45) is -4.28. The fourth-order valence-corrected chi connectivity index (χ4v) is 2.10. The molecule has 2 rings (SSSR count). The monoisotopic (exact) mass is 366 g/mol. The van der Waals surface area contributed by atoms with Gasteiger partial charge in [-0.2, -0.15) is 13.2 Å². The van der Waals surface area contributed by atoms with Gasteiger partial charge in [0.25, 0.3) is 0 Å². The summed E-state index contributed by atoms with van der Waals surface area (Å²) < 4.78 is 40.8. The first-order valence-electron chi connectivity index (χ1n) is 7.67. The number of nitrogens with one attached hydrogen (secondary N) is 2. The molecule has 2 aromatic carbocycles. The van der Waals surface area contributed by atoms with Gasteiger partial charge >= 0.3 is 6.18 Å². The number of carbonyl (C=O) groups is 2. The van der Waals surface area contributed by atoms with Crippen molar-refractivity contribution in [3.63, 3.8) is 0 Å². The number of rotatable bonds is 6. The molecule has 0 aliphatic heterocycles. The van der Waals surface area contributed by atoms with Crippen molar-refractivity contribution in [1.82, 2.24) is 0 Å². The van der Waals surface area contributed by atoms with E-state index in [1.54, 1.807) is 24.3 Å². The van der Waals surface area contributed by atoms with E-state index in [0.717, 1.165) is 5.56 Å². The molecule has 138 valence electrons. The summed E-state index contributed by atoms with van der Waals surface area (Å²) >= 11 is 0. The summed E-state index contributed by atoms with van der Waals surface area (Å²) in [5.74, 6) is -0.395. The lowest BCUT2D eigenvalue weighted by Crippen LogP contribution is -2.19. The normalized spacial score (nSPS) is 10.9. The maximum absolute atomic E-state index is 12.1. The lowest BCUT2D eigenvalue weighted by Gasteiger charge is -2.10. The van der Waals surface area contributed by atoms with Crippen LogP contribution in [0.1, 0.15) is 12.5 Å². The Balaban J connectivity index is 1.86. The SMILES string of the molecule is CC(=O)Nc1ccc(CC(=O)Nc2ccc(OCC(F)(F)F)cc2)cc1. The summed E-state index contributed by atoms with van der Waals surface area (Å²) in [6.45, 7) is 0.0357. The molecule has 0 saturated carbocycles.